The molecule has 1 N–H and O–H groups in total. The molecule has 3 aromatic carbocycles. The second kappa shape index (κ2) is 8.37. The molecule has 0 spiro atoms. The SMILES string of the molecule is C/C(=N\Nc1nc(-c2ccc(Cl)c(Cl)c2)nc2ccccc12)c1ccc(Cl)cc1. The van der Waals surface area contributed by atoms with E-state index in [4.69, 9.17) is 34.8 Å². The minimum absolute atomic E-state index is 0.451. The van der Waals surface area contributed by atoms with Crippen molar-refractivity contribution in [2.75, 3.05) is 5.43 Å². The number of benzene rings is 3. The Bertz CT molecular complexity index is 1220. The quantitative estimate of drug-likeness (QED) is 0.271. The summed E-state index contributed by atoms with van der Waals surface area (Å²) < 4.78 is 0. The van der Waals surface area contributed by atoms with Crippen LogP contribution in [0.3, 0.4) is 0 Å². The molecule has 4 aromatic rings. The van der Waals surface area contributed by atoms with Crippen LogP contribution in [-0.2, 0) is 0 Å². The molecule has 4 nitrogen and oxygen atoms in total. The lowest BCUT2D eigenvalue weighted by atomic mass is 10.1. The van der Waals surface area contributed by atoms with Gasteiger partial charge in [0.05, 0.1) is 21.3 Å². The first-order valence-electron chi connectivity index (χ1n) is 8.80. The second-order valence-electron chi connectivity index (χ2n) is 6.36. The number of rotatable bonds is 4. The molecule has 0 bridgehead atoms. The number of aromatic nitrogens is 2. The number of hydrogen-bond acceptors (Lipinski definition) is 4. The van der Waals surface area contributed by atoms with E-state index in [1.165, 1.54) is 0 Å². The van der Waals surface area contributed by atoms with Gasteiger partial charge in [0.2, 0.25) is 0 Å². The summed E-state index contributed by atoms with van der Waals surface area (Å²) in [5.74, 6) is 1.13. The maximum atomic E-state index is 6.17. The Balaban J connectivity index is 1.75. The zero-order valence-corrected chi connectivity index (χ0v) is 17.6. The van der Waals surface area contributed by atoms with Crippen LogP contribution < -0.4 is 5.43 Å². The third-order valence-corrected chi connectivity index (χ3v) is 5.36. The van der Waals surface area contributed by atoms with Crippen LogP contribution >= 0.6 is 34.8 Å². The van der Waals surface area contributed by atoms with Crippen LogP contribution in [0, 0.1) is 0 Å². The largest absolute Gasteiger partial charge is 0.260 e. The van der Waals surface area contributed by atoms with Crippen LogP contribution in [0.2, 0.25) is 15.1 Å². The number of anilines is 1. The van der Waals surface area contributed by atoms with Crippen LogP contribution in [0.25, 0.3) is 22.3 Å². The number of hydrogen-bond donors (Lipinski definition) is 1. The van der Waals surface area contributed by atoms with Gasteiger partial charge in [-0.05, 0) is 55.0 Å². The molecule has 0 saturated carbocycles. The molecular weight excluding hydrogens is 427 g/mol. The van der Waals surface area contributed by atoms with Crippen LogP contribution in [0.5, 0.6) is 0 Å². The Morgan fingerprint density at radius 3 is 2.38 bits per heavy atom. The van der Waals surface area contributed by atoms with Crippen LogP contribution in [-0.4, -0.2) is 15.7 Å². The van der Waals surface area contributed by atoms with Crippen molar-refractivity contribution in [3.05, 3.63) is 87.4 Å². The van der Waals surface area contributed by atoms with Crippen molar-refractivity contribution in [1.82, 2.24) is 9.97 Å². The van der Waals surface area contributed by atoms with E-state index in [9.17, 15) is 0 Å². The predicted octanol–water partition coefficient (Wildman–Crippen LogP) is 7.09. The molecule has 4 rings (SSSR count). The molecule has 0 radical (unpaired) electrons. The first-order valence-corrected chi connectivity index (χ1v) is 9.93. The predicted molar refractivity (Wildman–Crippen MR) is 122 cm³/mol. The van der Waals surface area contributed by atoms with Gasteiger partial charge < -0.3 is 0 Å². The monoisotopic (exact) mass is 440 g/mol. The molecule has 0 saturated heterocycles. The normalized spacial score (nSPS) is 11.7. The molecule has 0 aliphatic carbocycles. The van der Waals surface area contributed by atoms with Crippen molar-refractivity contribution in [1.29, 1.82) is 0 Å². The van der Waals surface area contributed by atoms with Crippen LogP contribution in [0.4, 0.5) is 5.82 Å². The van der Waals surface area contributed by atoms with Crippen LogP contribution in [0.15, 0.2) is 71.8 Å². The smallest absolute Gasteiger partial charge is 0.162 e. The van der Waals surface area contributed by atoms with Crippen molar-refractivity contribution in [2.24, 2.45) is 5.10 Å². The van der Waals surface area contributed by atoms with E-state index in [0.29, 0.717) is 26.7 Å². The van der Waals surface area contributed by atoms with Gasteiger partial charge in [-0.25, -0.2) is 9.97 Å². The molecule has 0 amide bonds. The lowest BCUT2D eigenvalue weighted by Crippen LogP contribution is -2.03. The van der Waals surface area contributed by atoms with E-state index in [-0.39, 0.29) is 0 Å². The molecule has 7 heteroatoms. The zero-order chi connectivity index (χ0) is 20.4. The topological polar surface area (TPSA) is 50.2 Å². The number of halogens is 3. The molecule has 0 atom stereocenters. The minimum Gasteiger partial charge on any atom is -0.260 e. The van der Waals surface area contributed by atoms with Gasteiger partial charge in [0, 0.05) is 16.0 Å². The van der Waals surface area contributed by atoms with Gasteiger partial charge in [-0.15, -0.1) is 0 Å². The number of fused-ring (bicyclic) bond motifs is 1. The highest BCUT2D eigenvalue weighted by molar-refractivity contribution is 6.42. The molecule has 144 valence electrons. The summed E-state index contributed by atoms with van der Waals surface area (Å²) in [6.45, 7) is 1.92. The highest BCUT2D eigenvalue weighted by Crippen LogP contribution is 2.29. The van der Waals surface area contributed by atoms with Crippen molar-refractivity contribution in [3.63, 3.8) is 0 Å². The average molecular weight is 442 g/mol. The lowest BCUT2D eigenvalue weighted by molar-refractivity contribution is 1.18. The minimum atomic E-state index is 0.451. The standard InChI is InChI=1S/C22H15Cl3N4/c1-13(14-6-9-16(23)10-7-14)28-29-22-17-4-2-3-5-20(17)26-21(27-22)15-8-11-18(24)19(25)12-15/h2-12H,1H3,(H,26,27,29)/b28-13+. The fourth-order valence-corrected chi connectivity index (χ4v) is 3.24. The number of nitrogens with one attached hydrogen (secondary N) is 1. The van der Waals surface area contributed by atoms with Crippen molar-refractivity contribution < 1.29 is 0 Å². The van der Waals surface area contributed by atoms with Gasteiger partial charge in [0.1, 0.15) is 0 Å². The fourth-order valence-electron chi connectivity index (χ4n) is 2.82. The third kappa shape index (κ3) is 4.35. The third-order valence-electron chi connectivity index (χ3n) is 4.37. The lowest BCUT2D eigenvalue weighted by Gasteiger charge is -2.10. The van der Waals surface area contributed by atoms with Crippen molar-refractivity contribution in [2.45, 2.75) is 6.92 Å². The van der Waals surface area contributed by atoms with E-state index in [1.807, 2.05) is 61.5 Å². The summed E-state index contributed by atoms with van der Waals surface area (Å²) in [5.41, 5.74) is 6.42. The molecule has 0 fully saturated rings. The average Bonchev–Trinajstić information content (AvgIpc) is 2.74. The molecule has 0 aliphatic rings. The molecular formula is C22H15Cl3N4. The van der Waals surface area contributed by atoms with Crippen LogP contribution in [0.1, 0.15) is 12.5 Å². The Labute approximate surface area is 183 Å². The molecule has 0 unspecified atom stereocenters. The molecule has 1 heterocycles. The van der Waals surface area contributed by atoms with E-state index < -0.39 is 0 Å². The van der Waals surface area contributed by atoms with Gasteiger partial charge in [-0.3, -0.25) is 5.43 Å². The Morgan fingerprint density at radius 1 is 0.862 bits per heavy atom. The summed E-state index contributed by atoms with van der Waals surface area (Å²) in [6.07, 6.45) is 0. The highest BCUT2D eigenvalue weighted by atomic mass is 35.5. The summed E-state index contributed by atoms with van der Waals surface area (Å²) in [7, 11) is 0. The van der Waals surface area contributed by atoms with E-state index in [0.717, 1.165) is 27.7 Å². The van der Waals surface area contributed by atoms with E-state index >= 15 is 0 Å². The zero-order valence-electron chi connectivity index (χ0n) is 15.3. The maximum Gasteiger partial charge on any atom is 0.162 e. The maximum absolute atomic E-state index is 6.17. The second-order valence-corrected chi connectivity index (χ2v) is 7.61. The van der Waals surface area contributed by atoms with Crippen molar-refractivity contribution >= 4 is 57.2 Å². The number of hydrazone groups is 1. The first kappa shape index (κ1) is 19.6. The van der Waals surface area contributed by atoms with Gasteiger partial charge in [-0.2, -0.15) is 5.10 Å². The van der Waals surface area contributed by atoms with E-state index in [2.05, 4.69) is 20.5 Å². The molecule has 0 aliphatic heterocycles. The van der Waals surface area contributed by atoms with E-state index in [1.54, 1.807) is 12.1 Å². The number of nitrogens with zero attached hydrogens (tertiary/aromatic N) is 3. The number of para-hydroxylation sites is 1. The Kier molecular flexibility index (Phi) is 5.67. The summed E-state index contributed by atoms with van der Waals surface area (Å²) in [4.78, 5) is 9.33. The van der Waals surface area contributed by atoms with Gasteiger partial charge in [-0.1, -0.05) is 59.1 Å². The summed E-state index contributed by atoms with van der Waals surface area (Å²) >= 11 is 18.2. The highest BCUT2D eigenvalue weighted by Gasteiger charge is 2.11. The first-order chi connectivity index (χ1) is 14.0. The fraction of sp³-hybridized carbons (Fsp3) is 0.0455. The van der Waals surface area contributed by atoms with Crippen molar-refractivity contribution in [3.8, 4) is 11.4 Å². The van der Waals surface area contributed by atoms with Gasteiger partial charge >= 0.3 is 0 Å². The van der Waals surface area contributed by atoms with Gasteiger partial charge in [0.25, 0.3) is 0 Å². The molecule has 1 aromatic heterocycles. The molecule has 29 heavy (non-hydrogen) atoms. The Hall–Kier alpha value is -2.66. The van der Waals surface area contributed by atoms with Gasteiger partial charge in [0.15, 0.2) is 11.6 Å². The summed E-state index contributed by atoms with van der Waals surface area (Å²) in [6, 6.07) is 20.6. The summed E-state index contributed by atoms with van der Waals surface area (Å²) in [5, 5.41) is 6.98. The Morgan fingerprint density at radius 2 is 1.62 bits per heavy atom.